The highest BCUT2D eigenvalue weighted by Gasteiger charge is 2.45. The third-order valence-corrected chi connectivity index (χ3v) is 5.22. The number of amides is 1. The summed E-state index contributed by atoms with van der Waals surface area (Å²) >= 11 is 0. The topological polar surface area (TPSA) is 67.4 Å². The van der Waals surface area contributed by atoms with E-state index in [2.05, 4.69) is 20.2 Å². The zero-order valence-corrected chi connectivity index (χ0v) is 12.6. The zero-order valence-electron chi connectivity index (χ0n) is 12.6. The van der Waals surface area contributed by atoms with Crippen molar-refractivity contribution in [2.24, 2.45) is 11.8 Å². The zero-order chi connectivity index (χ0) is 14.9. The lowest BCUT2D eigenvalue weighted by Crippen LogP contribution is -2.55. The van der Waals surface area contributed by atoms with Crippen molar-refractivity contribution >= 4 is 11.9 Å². The van der Waals surface area contributed by atoms with Gasteiger partial charge in [0.2, 0.25) is 11.9 Å². The Labute approximate surface area is 130 Å². The summed E-state index contributed by atoms with van der Waals surface area (Å²) in [5.41, 5.74) is 0. The van der Waals surface area contributed by atoms with Gasteiger partial charge in [-0.1, -0.05) is 0 Å². The molecular formula is C16H22N4O2. The number of hydrogen-bond acceptors (Lipinski definition) is 5. The van der Waals surface area contributed by atoms with Crippen LogP contribution in [0.15, 0.2) is 18.5 Å². The number of nitrogens with zero attached hydrogens (tertiary/aromatic N) is 3. The lowest BCUT2D eigenvalue weighted by Gasteiger charge is -2.40. The smallest absolute Gasteiger partial charge is 0.225 e. The van der Waals surface area contributed by atoms with Crippen LogP contribution in [-0.4, -0.2) is 47.7 Å². The van der Waals surface area contributed by atoms with E-state index >= 15 is 0 Å². The van der Waals surface area contributed by atoms with Gasteiger partial charge >= 0.3 is 0 Å². The van der Waals surface area contributed by atoms with E-state index < -0.39 is 0 Å². The summed E-state index contributed by atoms with van der Waals surface area (Å²) in [4.78, 5) is 23.4. The predicted octanol–water partition coefficient (Wildman–Crippen LogP) is 0.987. The first-order valence-electron chi connectivity index (χ1n) is 8.25. The van der Waals surface area contributed by atoms with E-state index in [-0.39, 0.29) is 17.9 Å². The van der Waals surface area contributed by atoms with Crippen molar-refractivity contribution in [3.05, 3.63) is 18.5 Å². The van der Waals surface area contributed by atoms with Crippen molar-refractivity contribution in [1.29, 1.82) is 0 Å². The van der Waals surface area contributed by atoms with Gasteiger partial charge in [0.05, 0.1) is 12.0 Å². The number of anilines is 1. The molecule has 1 amide bonds. The molecule has 1 aromatic rings. The van der Waals surface area contributed by atoms with E-state index in [0.29, 0.717) is 24.5 Å². The fraction of sp³-hybridized carbons (Fsp3) is 0.688. The molecule has 1 aliphatic carbocycles. The maximum Gasteiger partial charge on any atom is 0.225 e. The third kappa shape index (κ3) is 2.56. The molecule has 0 spiro atoms. The fourth-order valence-electron chi connectivity index (χ4n) is 3.73. The first kappa shape index (κ1) is 13.9. The maximum atomic E-state index is 12.7. The number of rotatable bonds is 3. The largest absolute Gasteiger partial charge is 0.376 e. The molecule has 3 atom stereocenters. The summed E-state index contributed by atoms with van der Waals surface area (Å²) < 4.78 is 5.86. The molecule has 1 saturated carbocycles. The molecule has 3 heterocycles. The first-order valence-corrected chi connectivity index (χ1v) is 8.25. The molecule has 3 aliphatic rings. The van der Waals surface area contributed by atoms with E-state index in [1.165, 1.54) is 6.42 Å². The van der Waals surface area contributed by atoms with Gasteiger partial charge in [-0.05, 0) is 31.7 Å². The van der Waals surface area contributed by atoms with E-state index in [1.54, 1.807) is 12.4 Å². The van der Waals surface area contributed by atoms with E-state index in [0.717, 1.165) is 32.4 Å². The summed E-state index contributed by atoms with van der Waals surface area (Å²) in [6, 6.07) is 2.19. The van der Waals surface area contributed by atoms with E-state index in [4.69, 9.17) is 4.74 Å². The van der Waals surface area contributed by atoms with Gasteiger partial charge in [0.1, 0.15) is 0 Å². The Balaban J connectivity index is 1.51. The van der Waals surface area contributed by atoms with Gasteiger partial charge in [-0.2, -0.15) is 0 Å². The average molecular weight is 302 g/mol. The molecule has 22 heavy (non-hydrogen) atoms. The van der Waals surface area contributed by atoms with Crippen LogP contribution in [0.2, 0.25) is 0 Å². The van der Waals surface area contributed by atoms with Gasteiger partial charge < -0.3 is 15.0 Å². The molecule has 1 N–H and O–H groups in total. The van der Waals surface area contributed by atoms with E-state index in [1.807, 2.05) is 6.07 Å². The lowest BCUT2D eigenvalue weighted by atomic mass is 9.81. The van der Waals surface area contributed by atoms with Crippen LogP contribution in [0.4, 0.5) is 5.95 Å². The minimum Gasteiger partial charge on any atom is -0.376 e. The van der Waals surface area contributed by atoms with Gasteiger partial charge in [-0.15, -0.1) is 0 Å². The number of carbonyl (C=O) groups excluding carboxylic acids is 1. The second-order valence-electron chi connectivity index (χ2n) is 6.56. The quantitative estimate of drug-likeness (QED) is 0.902. The number of nitrogens with one attached hydrogen (secondary N) is 1. The first-order chi connectivity index (χ1) is 10.8. The van der Waals surface area contributed by atoms with Crippen molar-refractivity contribution in [2.75, 3.05) is 24.6 Å². The Bertz CT molecular complexity index is 534. The minimum absolute atomic E-state index is 0.0225. The molecule has 0 unspecified atom stereocenters. The van der Waals surface area contributed by atoms with Gasteiger partial charge in [0, 0.05) is 44.0 Å². The van der Waals surface area contributed by atoms with Crippen LogP contribution in [0, 0.1) is 11.8 Å². The molecule has 2 aliphatic heterocycles. The highest BCUT2D eigenvalue weighted by molar-refractivity contribution is 5.80. The molecule has 0 radical (unpaired) electrons. The van der Waals surface area contributed by atoms with Crippen LogP contribution in [0.5, 0.6) is 0 Å². The number of ether oxygens (including phenoxy) is 1. The molecular weight excluding hydrogens is 280 g/mol. The highest BCUT2D eigenvalue weighted by atomic mass is 16.5. The molecule has 118 valence electrons. The molecule has 0 aromatic carbocycles. The normalized spacial score (nSPS) is 31.5. The molecule has 6 heteroatoms. The van der Waals surface area contributed by atoms with Crippen molar-refractivity contribution in [2.45, 2.75) is 37.8 Å². The Kier molecular flexibility index (Phi) is 3.70. The standard InChI is InChI=1S/C16H22N4O2/c21-15(19-11-3-1-4-11)13-9-20(16-17-6-2-7-18-16)10-14-12(13)5-8-22-14/h2,6-7,11-14H,1,3-5,8-10H2,(H,19,21)/t12-,13-,14+/m1/s1. The lowest BCUT2D eigenvalue weighted by molar-refractivity contribution is -0.129. The molecule has 6 nitrogen and oxygen atoms in total. The van der Waals surface area contributed by atoms with Crippen LogP contribution in [-0.2, 0) is 9.53 Å². The number of fused-ring (bicyclic) bond motifs is 1. The summed E-state index contributed by atoms with van der Waals surface area (Å²) in [5.74, 6) is 1.19. The summed E-state index contributed by atoms with van der Waals surface area (Å²) in [6.07, 6.45) is 8.06. The third-order valence-electron chi connectivity index (χ3n) is 5.22. The molecule has 4 rings (SSSR count). The van der Waals surface area contributed by atoms with Gasteiger partial charge in [0.25, 0.3) is 0 Å². The van der Waals surface area contributed by atoms with Crippen molar-refractivity contribution in [3.8, 4) is 0 Å². The van der Waals surface area contributed by atoms with E-state index in [9.17, 15) is 4.79 Å². The Hall–Kier alpha value is -1.69. The highest BCUT2D eigenvalue weighted by Crippen LogP contribution is 2.35. The van der Waals surface area contributed by atoms with Crippen LogP contribution in [0.1, 0.15) is 25.7 Å². The Morgan fingerprint density at radius 2 is 2.05 bits per heavy atom. The molecule has 1 aromatic heterocycles. The predicted molar refractivity (Wildman–Crippen MR) is 81.4 cm³/mol. The van der Waals surface area contributed by atoms with Crippen molar-refractivity contribution in [1.82, 2.24) is 15.3 Å². The molecule has 2 saturated heterocycles. The van der Waals surface area contributed by atoms with Gasteiger partial charge in [0.15, 0.2) is 0 Å². The van der Waals surface area contributed by atoms with Gasteiger partial charge in [-0.25, -0.2) is 9.97 Å². The number of carbonyl (C=O) groups is 1. The Morgan fingerprint density at radius 1 is 1.23 bits per heavy atom. The SMILES string of the molecule is O=C(NC1CCC1)[C@@H]1CN(c2ncccn2)C[C@@H]2OCC[C@@H]21. The summed E-state index contributed by atoms with van der Waals surface area (Å²) in [7, 11) is 0. The second-order valence-corrected chi connectivity index (χ2v) is 6.56. The second kappa shape index (κ2) is 5.83. The minimum atomic E-state index is -0.0225. The van der Waals surface area contributed by atoms with Crippen LogP contribution >= 0.6 is 0 Å². The fourth-order valence-corrected chi connectivity index (χ4v) is 3.73. The number of aromatic nitrogens is 2. The van der Waals surface area contributed by atoms with Crippen LogP contribution < -0.4 is 10.2 Å². The monoisotopic (exact) mass is 302 g/mol. The summed E-state index contributed by atoms with van der Waals surface area (Å²) in [5, 5.41) is 3.21. The Morgan fingerprint density at radius 3 is 2.77 bits per heavy atom. The molecule has 0 bridgehead atoms. The maximum absolute atomic E-state index is 12.7. The molecule has 3 fully saturated rings. The van der Waals surface area contributed by atoms with Crippen LogP contribution in [0.3, 0.4) is 0 Å². The average Bonchev–Trinajstić information content (AvgIpc) is 2.99. The van der Waals surface area contributed by atoms with Crippen molar-refractivity contribution in [3.63, 3.8) is 0 Å². The number of piperidine rings is 1. The van der Waals surface area contributed by atoms with Crippen LogP contribution in [0.25, 0.3) is 0 Å². The number of hydrogen-bond donors (Lipinski definition) is 1. The summed E-state index contributed by atoms with van der Waals surface area (Å²) in [6.45, 7) is 2.22. The van der Waals surface area contributed by atoms with Crippen molar-refractivity contribution < 1.29 is 9.53 Å². The van der Waals surface area contributed by atoms with Gasteiger partial charge in [-0.3, -0.25) is 4.79 Å².